The van der Waals surface area contributed by atoms with Crippen molar-refractivity contribution >= 4 is 23.0 Å². The van der Waals surface area contributed by atoms with Crippen LogP contribution in [0.1, 0.15) is 34.1 Å². The Morgan fingerprint density at radius 2 is 2.08 bits per heavy atom. The van der Waals surface area contributed by atoms with E-state index in [0.717, 1.165) is 12.1 Å². The third kappa shape index (κ3) is 6.09. The maximum Gasteiger partial charge on any atom is 0.187 e. The Labute approximate surface area is 79.6 Å². The van der Waals surface area contributed by atoms with Crippen LogP contribution in [-0.2, 0) is 0 Å². The first-order chi connectivity index (χ1) is 5.56. The van der Waals surface area contributed by atoms with E-state index in [-0.39, 0.29) is 0 Å². The summed E-state index contributed by atoms with van der Waals surface area (Å²) in [5.41, 5.74) is 3.82. The first kappa shape index (κ1) is 11.4. The van der Waals surface area contributed by atoms with Crippen molar-refractivity contribution in [3.63, 3.8) is 0 Å². The second-order valence-electron chi connectivity index (χ2n) is 2.94. The van der Waals surface area contributed by atoms with E-state index in [2.05, 4.69) is 22.8 Å². The lowest BCUT2D eigenvalue weighted by molar-refractivity contribution is 0.719. The van der Waals surface area contributed by atoms with Crippen LogP contribution in [0.3, 0.4) is 0 Å². The number of hydrogen-bond donors (Lipinski definition) is 2. The standard InChI is InChI=1S/C8H17N3S/c1-5-7(4)10-11-8(12)9-6(2)3/h6H,5H2,1-4H3,(H2,9,11,12)/b10-7+. The SMILES string of the molecule is CC/C(C)=N/NC(=S)NC(C)C. The third-order valence-electron chi connectivity index (χ3n) is 1.28. The summed E-state index contributed by atoms with van der Waals surface area (Å²) in [7, 11) is 0. The summed E-state index contributed by atoms with van der Waals surface area (Å²) in [5, 5.41) is 7.68. The maximum atomic E-state index is 4.97. The van der Waals surface area contributed by atoms with Crippen molar-refractivity contribution in [1.29, 1.82) is 0 Å². The first-order valence-corrected chi connectivity index (χ1v) is 4.56. The Morgan fingerprint density at radius 3 is 2.50 bits per heavy atom. The van der Waals surface area contributed by atoms with Gasteiger partial charge in [0.2, 0.25) is 0 Å². The second kappa shape index (κ2) is 5.94. The molecule has 2 N–H and O–H groups in total. The molecule has 0 bridgehead atoms. The fourth-order valence-electron chi connectivity index (χ4n) is 0.520. The van der Waals surface area contributed by atoms with Crippen LogP contribution in [0.5, 0.6) is 0 Å². The summed E-state index contributed by atoms with van der Waals surface area (Å²) >= 11 is 4.97. The molecule has 4 heteroatoms. The zero-order chi connectivity index (χ0) is 9.56. The van der Waals surface area contributed by atoms with Gasteiger partial charge in [0.1, 0.15) is 0 Å². The van der Waals surface area contributed by atoms with Crippen molar-refractivity contribution in [1.82, 2.24) is 10.7 Å². The second-order valence-corrected chi connectivity index (χ2v) is 3.35. The molecule has 0 atom stereocenters. The van der Waals surface area contributed by atoms with E-state index < -0.39 is 0 Å². The van der Waals surface area contributed by atoms with Crippen LogP contribution >= 0.6 is 12.2 Å². The van der Waals surface area contributed by atoms with Crippen molar-refractivity contribution in [3.05, 3.63) is 0 Å². The smallest absolute Gasteiger partial charge is 0.187 e. The molecule has 0 heterocycles. The summed E-state index contributed by atoms with van der Waals surface area (Å²) in [5.74, 6) is 0. The van der Waals surface area contributed by atoms with E-state index in [1.54, 1.807) is 0 Å². The van der Waals surface area contributed by atoms with Crippen LogP contribution in [0.15, 0.2) is 5.10 Å². The van der Waals surface area contributed by atoms with Gasteiger partial charge in [0, 0.05) is 11.8 Å². The maximum absolute atomic E-state index is 4.97. The molecule has 0 aromatic carbocycles. The first-order valence-electron chi connectivity index (χ1n) is 4.16. The predicted octanol–water partition coefficient (Wildman–Crippen LogP) is 1.64. The Hall–Kier alpha value is -0.640. The molecule has 0 aromatic heterocycles. The lowest BCUT2D eigenvalue weighted by atomic mass is 10.3. The molecule has 0 aliphatic heterocycles. The van der Waals surface area contributed by atoms with Crippen molar-refractivity contribution in [2.24, 2.45) is 5.10 Å². The van der Waals surface area contributed by atoms with Gasteiger partial charge in [-0.05, 0) is 39.4 Å². The summed E-state index contributed by atoms with van der Waals surface area (Å²) < 4.78 is 0. The molecule has 0 fully saturated rings. The highest BCUT2D eigenvalue weighted by atomic mass is 32.1. The third-order valence-corrected chi connectivity index (χ3v) is 1.49. The highest BCUT2D eigenvalue weighted by Crippen LogP contribution is 1.82. The Balaban J connectivity index is 3.71. The number of hydrogen-bond acceptors (Lipinski definition) is 2. The van der Waals surface area contributed by atoms with Gasteiger partial charge in [-0.15, -0.1) is 0 Å². The molecular formula is C8H17N3S. The van der Waals surface area contributed by atoms with E-state index in [9.17, 15) is 0 Å². The van der Waals surface area contributed by atoms with Gasteiger partial charge >= 0.3 is 0 Å². The van der Waals surface area contributed by atoms with Crippen LogP contribution in [0.2, 0.25) is 0 Å². The van der Waals surface area contributed by atoms with Gasteiger partial charge in [-0.3, -0.25) is 5.43 Å². The molecule has 0 saturated carbocycles. The minimum Gasteiger partial charge on any atom is -0.359 e. The molecule has 0 unspecified atom stereocenters. The van der Waals surface area contributed by atoms with Crippen LogP contribution in [0.25, 0.3) is 0 Å². The molecule has 12 heavy (non-hydrogen) atoms. The van der Waals surface area contributed by atoms with Gasteiger partial charge in [0.05, 0.1) is 0 Å². The molecule has 0 aromatic rings. The summed E-state index contributed by atoms with van der Waals surface area (Å²) in [6.45, 7) is 8.08. The average Bonchev–Trinajstić information content (AvgIpc) is 1.99. The van der Waals surface area contributed by atoms with Crippen molar-refractivity contribution < 1.29 is 0 Å². The van der Waals surface area contributed by atoms with Crippen LogP contribution in [-0.4, -0.2) is 16.9 Å². The normalized spacial score (nSPS) is 11.6. The van der Waals surface area contributed by atoms with Crippen molar-refractivity contribution in [3.8, 4) is 0 Å². The van der Waals surface area contributed by atoms with E-state index >= 15 is 0 Å². The predicted molar refractivity (Wildman–Crippen MR) is 57.4 cm³/mol. The summed E-state index contributed by atoms with van der Waals surface area (Å²) in [4.78, 5) is 0. The van der Waals surface area contributed by atoms with Gasteiger partial charge in [-0.1, -0.05) is 6.92 Å². The molecule has 0 aliphatic rings. The quantitative estimate of drug-likeness (QED) is 0.401. The van der Waals surface area contributed by atoms with Gasteiger partial charge in [-0.25, -0.2) is 0 Å². The highest BCUT2D eigenvalue weighted by Gasteiger charge is 1.95. The van der Waals surface area contributed by atoms with Gasteiger partial charge < -0.3 is 5.32 Å². The number of hydrazone groups is 1. The van der Waals surface area contributed by atoms with Gasteiger partial charge in [-0.2, -0.15) is 5.10 Å². The highest BCUT2D eigenvalue weighted by molar-refractivity contribution is 7.80. The van der Waals surface area contributed by atoms with Crippen LogP contribution in [0, 0.1) is 0 Å². The van der Waals surface area contributed by atoms with E-state index in [4.69, 9.17) is 12.2 Å². The lowest BCUT2D eigenvalue weighted by Gasteiger charge is -2.09. The fourth-order valence-corrected chi connectivity index (χ4v) is 0.801. The Kier molecular flexibility index (Phi) is 5.62. The summed E-state index contributed by atoms with van der Waals surface area (Å²) in [6.07, 6.45) is 0.942. The van der Waals surface area contributed by atoms with Gasteiger partial charge in [0.15, 0.2) is 5.11 Å². The van der Waals surface area contributed by atoms with Crippen LogP contribution < -0.4 is 10.7 Å². The zero-order valence-electron chi connectivity index (χ0n) is 8.14. The van der Waals surface area contributed by atoms with Gasteiger partial charge in [0.25, 0.3) is 0 Å². The minimum atomic E-state index is 0.349. The molecule has 0 amide bonds. The molecule has 0 rings (SSSR count). The Morgan fingerprint density at radius 1 is 1.50 bits per heavy atom. The topological polar surface area (TPSA) is 36.4 Å². The zero-order valence-corrected chi connectivity index (χ0v) is 8.96. The van der Waals surface area contributed by atoms with E-state index in [1.165, 1.54) is 0 Å². The number of nitrogens with one attached hydrogen (secondary N) is 2. The minimum absolute atomic E-state index is 0.349. The lowest BCUT2D eigenvalue weighted by Crippen LogP contribution is -2.37. The molecule has 0 aliphatic carbocycles. The van der Waals surface area contributed by atoms with Crippen molar-refractivity contribution in [2.75, 3.05) is 0 Å². The largest absolute Gasteiger partial charge is 0.359 e. The molecule has 0 saturated heterocycles. The van der Waals surface area contributed by atoms with Crippen molar-refractivity contribution in [2.45, 2.75) is 40.2 Å². The number of rotatable bonds is 3. The molecule has 0 radical (unpaired) electrons. The molecule has 3 nitrogen and oxygen atoms in total. The van der Waals surface area contributed by atoms with E-state index in [1.807, 2.05) is 20.8 Å². The molecule has 70 valence electrons. The number of nitrogens with zero attached hydrogens (tertiary/aromatic N) is 1. The fraction of sp³-hybridized carbons (Fsp3) is 0.750. The monoisotopic (exact) mass is 187 g/mol. The molecule has 0 spiro atoms. The van der Waals surface area contributed by atoms with E-state index in [0.29, 0.717) is 11.2 Å². The molecular weight excluding hydrogens is 170 g/mol. The Bertz CT molecular complexity index is 175. The van der Waals surface area contributed by atoms with Crippen LogP contribution in [0.4, 0.5) is 0 Å². The average molecular weight is 187 g/mol. The number of thiocarbonyl (C=S) groups is 1. The summed E-state index contributed by atoms with van der Waals surface area (Å²) in [6, 6.07) is 0.349.